The van der Waals surface area contributed by atoms with Gasteiger partial charge in [0.25, 0.3) is 5.91 Å². The van der Waals surface area contributed by atoms with Gasteiger partial charge in [-0.2, -0.15) is 0 Å². The molecule has 0 spiro atoms. The second-order valence-electron chi connectivity index (χ2n) is 4.86. The van der Waals surface area contributed by atoms with Gasteiger partial charge in [0, 0.05) is 11.6 Å². The van der Waals surface area contributed by atoms with E-state index in [9.17, 15) is 9.59 Å². The third-order valence-electron chi connectivity index (χ3n) is 2.94. The molecule has 0 saturated carbocycles. The van der Waals surface area contributed by atoms with Gasteiger partial charge in [-0.25, -0.2) is 4.79 Å². The summed E-state index contributed by atoms with van der Waals surface area (Å²) >= 11 is 0. The fourth-order valence-electron chi connectivity index (χ4n) is 1.92. The van der Waals surface area contributed by atoms with Crippen LogP contribution in [0.2, 0.25) is 0 Å². The number of urea groups is 1. The minimum absolute atomic E-state index is 0.202. The molecule has 1 aliphatic heterocycles. The minimum Gasteiger partial charge on any atom is -0.493 e. The van der Waals surface area contributed by atoms with Crippen LogP contribution >= 0.6 is 0 Å². The predicted molar refractivity (Wildman–Crippen MR) is 82.7 cm³/mol. The molecule has 0 bridgehead atoms. The summed E-state index contributed by atoms with van der Waals surface area (Å²) in [4.78, 5) is 22.7. The summed E-state index contributed by atoms with van der Waals surface area (Å²) in [5.41, 5.74) is 0.915. The summed E-state index contributed by atoms with van der Waals surface area (Å²) in [6.07, 6.45) is 3.38. The van der Waals surface area contributed by atoms with Crippen LogP contribution in [0.5, 0.6) is 11.5 Å². The van der Waals surface area contributed by atoms with E-state index in [0.29, 0.717) is 24.5 Å². The first-order valence-corrected chi connectivity index (χ1v) is 7.37. The molecule has 1 fully saturated rings. The maximum Gasteiger partial charge on any atom is 0.326 e. The van der Waals surface area contributed by atoms with Crippen LogP contribution in [0.1, 0.15) is 32.3 Å². The standard InChI is InChI=1S/C16H20N2O4/c1-3-7-21-12-6-5-11(14(10-12)22-8-4-2)9-13-15(19)18-16(20)17-13/h5-6,9-10H,3-4,7-8H2,1-2H3,(H2,17,18,19,20)/b13-9-. The molecule has 22 heavy (non-hydrogen) atoms. The fourth-order valence-corrected chi connectivity index (χ4v) is 1.92. The van der Waals surface area contributed by atoms with E-state index >= 15 is 0 Å². The second kappa shape index (κ2) is 7.49. The molecule has 0 unspecified atom stereocenters. The van der Waals surface area contributed by atoms with Crippen molar-refractivity contribution in [3.63, 3.8) is 0 Å². The Bertz CT molecular complexity index is 596. The number of imide groups is 1. The summed E-state index contributed by atoms with van der Waals surface area (Å²) in [5.74, 6) is 0.893. The van der Waals surface area contributed by atoms with Crippen molar-refractivity contribution >= 4 is 18.0 Å². The lowest BCUT2D eigenvalue weighted by Crippen LogP contribution is -2.22. The molecule has 2 N–H and O–H groups in total. The predicted octanol–water partition coefficient (Wildman–Crippen LogP) is 2.44. The zero-order valence-corrected chi connectivity index (χ0v) is 12.8. The summed E-state index contributed by atoms with van der Waals surface area (Å²) < 4.78 is 11.3. The molecular formula is C16H20N2O4. The van der Waals surface area contributed by atoms with Crippen LogP contribution in [0.25, 0.3) is 6.08 Å². The summed E-state index contributed by atoms with van der Waals surface area (Å²) in [6.45, 7) is 5.24. The van der Waals surface area contributed by atoms with E-state index in [0.717, 1.165) is 18.6 Å². The average Bonchev–Trinajstić information content (AvgIpc) is 2.82. The highest BCUT2D eigenvalue weighted by Crippen LogP contribution is 2.27. The number of hydrogen-bond acceptors (Lipinski definition) is 4. The van der Waals surface area contributed by atoms with Crippen molar-refractivity contribution in [3.8, 4) is 11.5 Å². The number of carbonyl (C=O) groups is 2. The molecule has 0 atom stereocenters. The van der Waals surface area contributed by atoms with Crippen molar-refractivity contribution < 1.29 is 19.1 Å². The van der Waals surface area contributed by atoms with Gasteiger partial charge in [-0.3, -0.25) is 10.1 Å². The number of rotatable bonds is 7. The van der Waals surface area contributed by atoms with Gasteiger partial charge in [-0.15, -0.1) is 0 Å². The van der Waals surface area contributed by atoms with Crippen molar-refractivity contribution in [2.24, 2.45) is 0 Å². The fraction of sp³-hybridized carbons (Fsp3) is 0.375. The van der Waals surface area contributed by atoms with E-state index in [1.807, 2.05) is 19.9 Å². The summed E-state index contributed by atoms with van der Waals surface area (Å²) in [5, 5.41) is 4.63. The van der Waals surface area contributed by atoms with Crippen molar-refractivity contribution in [1.82, 2.24) is 10.6 Å². The molecule has 6 nitrogen and oxygen atoms in total. The average molecular weight is 304 g/mol. The third kappa shape index (κ3) is 4.00. The van der Waals surface area contributed by atoms with Gasteiger partial charge in [-0.1, -0.05) is 13.8 Å². The van der Waals surface area contributed by atoms with E-state index in [1.165, 1.54) is 0 Å². The molecule has 3 amide bonds. The molecule has 0 radical (unpaired) electrons. The van der Waals surface area contributed by atoms with Gasteiger partial charge >= 0.3 is 6.03 Å². The van der Waals surface area contributed by atoms with Gasteiger partial charge < -0.3 is 14.8 Å². The zero-order chi connectivity index (χ0) is 15.9. The van der Waals surface area contributed by atoms with Crippen LogP contribution < -0.4 is 20.1 Å². The van der Waals surface area contributed by atoms with E-state index < -0.39 is 11.9 Å². The van der Waals surface area contributed by atoms with Gasteiger partial charge in [0.1, 0.15) is 17.2 Å². The maximum atomic E-state index is 11.6. The number of benzene rings is 1. The molecule has 2 rings (SSSR count). The molecule has 0 aromatic heterocycles. The number of hydrogen-bond donors (Lipinski definition) is 2. The largest absolute Gasteiger partial charge is 0.493 e. The van der Waals surface area contributed by atoms with Crippen LogP contribution in [0.15, 0.2) is 23.9 Å². The molecule has 1 heterocycles. The molecular weight excluding hydrogens is 284 g/mol. The van der Waals surface area contributed by atoms with Crippen molar-refractivity contribution in [2.75, 3.05) is 13.2 Å². The number of carbonyl (C=O) groups excluding carboxylic acids is 2. The van der Waals surface area contributed by atoms with E-state index in [2.05, 4.69) is 10.6 Å². The lowest BCUT2D eigenvalue weighted by molar-refractivity contribution is -0.115. The highest BCUT2D eigenvalue weighted by Gasteiger charge is 2.23. The molecule has 1 aromatic rings. The summed E-state index contributed by atoms with van der Waals surface area (Å²) in [7, 11) is 0. The molecule has 0 aliphatic carbocycles. The van der Waals surface area contributed by atoms with E-state index in [-0.39, 0.29) is 5.70 Å². The lowest BCUT2D eigenvalue weighted by Gasteiger charge is -2.12. The molecule has 6 heteroatoms. The van der Waals surface area contributed by atoms with Crippen LogP contribution in [0.4, 0.5) is 4.79 Å². The Kier molecular flexibility index (Phi) is 5.41. The number of nitrogens with one attached hydrogen (secondary N) is 2. The first kappa shape index (κ1) is 15.9. The Hall–Kier alpha value is -2.50. The molecule has 1 saturated heterocycles. The van der Waals surface area contributed by atoms with Crippen LogP contribution in [-0.2, 0) is 4.79 Å². The monoisotopic (exact) mass is 304 g/mol. The van der Waals surface area contributed by atoms with Crippen LogP contribution in [0.3, 0.4) is 0 Å². The molecule has 1 aromatic carbocycles. The Morgan fingerprint density at radius 3 is 2.41 bits per heavy atom. The smallest absolute Gasteiger partial charge is 0.326 e. The Morgan fingerprint density at radius 2 is 1.77 bits per heavy atom. The lowest BCUT2D eigenvalue weighted by atomic mass is 10.1. The topological polar surface area (TPSA) is 76.7 Å². The Labute approximate surface area is 129 Å². The molecule has 118 valence electrons. The maximum absolute atomic E-state index is 11.6. The van der Waals surface area contributed by atoms with E-state index in [1.54, 1.807) is 18.2 Å². The van der Waals surface area contributed by atoms with Crippen LogP contribution in [0, 0.1) is 0 Å². The van der Waals surface area contributed by atoms with E-state index in [4.69, 9.17) is 9.47 Å². The normalized spacial score (nSPS) is 15.6. The Morgan fingerprint density at radius 1 is 1.05 bits per heavy atom. The first-order chi connectivity index (χ1) is 10.6. The van der Waals surface area contributed by atoms with Gasteiger partial charge in [-0.05, 0) is 31.1 Å². The van der Waals surface area contributed by atoms with Crippen molar-refractivity contribution in [1.29, 1.82) is 0 Å². The highest BCUT2D eigenvalue weighted by atomic mass is 16.5. The van der Waals surface area contributed by atoms with Crippen LogP contribution in [-0.4, -0.2) is 25.2 Å². The number of amides is 3. The molecule has 1 aliphatic rings. The minimum atomic E-state index is -0.518. The first-order valence-electron chi connectivity index (χ1n) is 7.37. The van der Waals surface area contributed by atoms with Crippen molar-refractivity contribution in [2.45, 2.75) is 26.7 Å². The zero-order valence-electron chi connectivity index (χ0n) is 12.8. The van der Waals surface area contributed by atoms with Gasteiger partial charge in [0.2, 0.25) is 0 Å². The third-order valence-corrected chi connectivity index (χ3v) is 2.94. The highest BCUT2D eigenvalue weighted by molar-refractivity contribution is 6.14. The van der Waals surface area contributed by atoms with Crippen molar-refractivity contribution in [3.05, 3.63) is 29.5 Å². The quantitative estimate of drug-likeness (QED) is 0.599. The summed E-state index contributed by atoms with van der Waals surface area (Å²) in [6, 6.07) is 4.90. The Balaban J connectivity index is 2.26. The van der Waals surface area contributed by atoms with Gasteiger partial charge in [0.15, 0.2) is 0 Å². The van der Waals surface area contributed by atoms with Gasteiger partial charge in [0.05, 0.1) is 13.2 Å². The SMILES string of the molecule is CCCOc1ccc(/C=C2\NC(=O)NC2=O)c(OCCC)c1. The number of ether oxygens (including phenoxy) is 2. The second-order valence-corrected chi connectivity index (χ2v) is 4.86.